The molecule has 2 unspecified atom stereocenters. The Bertz CT molecular complexity index is 865. The smallest absolute Gasteiger partial charge is 0.429 e. The van der Waals surface area contributed by atoms with Crippen molar-refractivity contribution < 1.29 is 63.3 Å². The summed E-state index contributed by atoms with van der Waals surface area (Å²) < 4.78 is 146. The Morgan fingerprint density at radius 1 is 0.824 bits per heavy atom. The summed E-state index contributed by atoms with van der Waals surface area (Å²) in [6.45, 7) is 5.94. The van der Waals surface area contributed by atoms with Crippen LogP contribution in [-0.4, -0.2) is 35.4 Å². The zero-order valence-corrected chi connectivity index (χ0v) is 18.5. The minimum absolute atomic E-state index is 0.00240. The number of carbonyl (C=O) groups excluding carboxylic acids is 1. The lowest BCUT2D eigenvalue weighted by Gasteiger charge is -2.38. The number of halogens is 10. The molecule has 0 aliphatic carbocycles. The molecule has 196 valence electrons. The maximum atomic E-state index is 14.3. The van der Waals surface area contributed by atoms with Crippen LogP contribution in [0.2, 0.25) is 0 Å². The Labute approximate surface area is 187 Å². The number of benzene rings is 1. The van der Waals surface area contributed by atoms with Crippen molar-refractivity contribution in [3.8, 4) is 0 Å². The highest BCUT2D eigenvalue weighted by molar-refractivity contribution is 5.62. The van der Waals surface area contributed by atoms with Crippen LogP contribution >= 0.6 is 0 Å². The van der Waals surface area contributed by atoms with Crippen molar-refractivity contribution >= 4 is 6.16 Å². The van der Waals surface area contributed by atoms with Gasteiger partial charge in [-0.1, -0.05) is 19.9 Å². The van der Waals surface area contributed by atoms with Gasteiger partial charge in [-0.3, -0.25) is 0 Å². The van der Waals surface area contributed by atoms with Gasteiger partial charge in [0, 0.05) is 11.1 Å². The number of alkyl halides is 10. The minimum atomic E-state index is -6.50. The quantitative estimate of drug-likeness (QED) is 0.334. The van der Waals surface area contributed by atoms with Crippen LogP contribution in [0.5, 0.6) is 0 Å². The Kier molecular flexibility index (Phi) is 7.95. The number of hydrogen-bond donors (Lipinski definition) is 1. The van der Waals surface area contributed by atoms with E-state index in [0.717, 1.165) is 20.8 Å². The molecule has 1 N–H and O–H groups in total. The molecule has 2 atom stereocenters. The third-order valence-corrected chi connectivity index (χ3v) is 4.73. The van der Waals surface area contributed by atoms with E-state index in [4.69, 9.17) is 0 Å². The normalized spacial score (nSPS) is 16.6. The number of rotatable bonds is 5. The lowest BCUT2D eigenvalue weighted by atomic mass is 9.84. The van der Waals surface area contributed by atoms with E-state index in [1.165, 1.54) is 13.8 Å². The van der Waals surface area contributed by atoms with Gasteiger partial charge in [-0.2, -0.15) is 43.9 Å². The maximum Gasteiger partial charge on any atom is 0.510 e. The fourth-order valence-corrected chi connectivity index (χ4v) is 2.79. The highest BCUT2D eigenvalue weighted by Gasteiger charge is 2.76. The van der Waals surface area contributed by atoms with Gasteiger partial charge in [-0.25, -0.2) is 4.79 Å². The monoisotopic (exact) mass is 516 g/mol. The third kappa shape index (κ3) is 5.87. The molecule has 0 saturated heterocycles. The first-order valence-electron chi connectivity index (χ1n) is 9.60. The average molecular weight is 516 g/mol. The Balaban J connectivity index is 4.08. The topological polar surface area (TPSA) is 55.8 Å². The first-order chi connectivity index (χ1) is 14.9. The predicted octanol–water partition coefficient (Wildman–Crippen LogP) is 7.15. The van der Waals surface area contributed by atoms with Gasteiger partial charge < -0.3 is 14.6 Å². The van der Waals surface area contributed by atoms with Crippen LogP contribution in [0, 0.1) is 0 Å². The molecule has 34 heavy (non-hydrogen) atoms. The van der Waals surface area contributed by atoms with Crippen LogP contribution in [0.4, 0.5) is 48.7 Å². The van der Waals surface area contributed by atoms with Gasteiger partial charge in [0.15, 0.2) is 0 Å². The summed E-state index contributed by atoms with van der Waals surface area (Å²) in [4.78, 5) is 11.9. The molecule has 0 heterocycles. The number of hydrogen-bond acceptors (Lipinski definition) is 4. The van der Waals surface area contributed by atoms with Crippen LogP contribution in [0.1, 0.15) is 63.6 Å². The number of ether oxygens (including phenoxy) is 2. The molecular formula is C20H22F10O4. The number of carbonyl (C=O) groups is 1. The van der Waals surface area contributed by atoms with E-state index < -0.39 is 70.4 Å². The molecule has 0 aromatic heterocycles. The largest absolute Gasteiger partial charge is 0.510 e. The molecule has 0 bridgehead atoms. The Morgan fingerprint density at radius 3 is 1.62 bits per heavy atom. The summed E-state index contributed by atoms with van der Waals surface area (Å²) in [5, 5.41) is 9.35. The second-order valence-corrected chi connectivity index (χ2v) is 8.52. The molecule has 0 saturated carbocycles. The molecule has 1 aromatic rings. The van der Waals surface area contributed by atoms with Crippen molar-refractivity contribution in [3.63, 3.8) is 0 Å². The van der Waals surface area contributed by atoms with E-state index >= 15 is 0 Å². The van der Waals surface area contributed by atoms with Gasteiger partial charge in [0.25, 0.3) is 0 Å². The van der Waals surface area contributed by atoms with E-state index in [-0.39, 0.29) is 18.6 Å². The highest BCUT2D eigenvalue weighted by Crippen LogP contribution is 2.54. The van der Waals surface area contributed by atoms with Crippen molar-refractivity contribution in [1.82, 2.24) is 0 Å². The van der Waals surface area contributed by atoms with Crippen LogP contribution in [0.25, 0.3) is 0 Å². The fourth-order valence-electron chi connectivity index (χ4n) is 2.79. The lowest BCUT2D eigenvalue weighted by Crippen LogP contribution is -2.57. The third-order valence-electron chi connectivity index (χ3n) is 4.73. The standard InChI is InChI=1S/C20H22F10O4/c1-6-10(2)11-7-12(9-13(8-11)17(21,32)20(28,29)30)16(18(22,23)24,19(25,26)27)34-14(31)33-15(3,4)5/h7-10,32H,6H2,1-5H3. The second-order valence-electron chi connectivity index (χ2n) is 8.52. The predicted molar refractivity (Wildman–Crippen MR) is 97.3 cm³/mol. The first kappa shape index (κ1) is 29.8. The van der Waals surface area contributed by atoms with Gasteiger partial charge in [-0.05, 0) is 50.8 Å². The van der Waals surface area contributed by atoms with Crippen LogP contribution in [0.15, 0.2) is 18.2 Å². The molecule has 14 heteroatoms. The maximum absolute atomic E-state index is 14.3. The zero-order valence-electron chi connectivity index (χ0n) is 18.5. The molecule has 0 radical (unpaired) electrons. The molecule has 1 aromatic carbocycles. The summed E-state index contributed by atoms with van der Waals surface area (Å²) in [6.07, 6.45) is -21.6. The minimum Gasteiger partial charge on any atom is -0.429 e. The molecule has 0 spiro atoms. The van der Waals surface area contributed by atoms with Crippen molar-refractivity contribution in [2.75, 3.05) is 0 Å². The van der Waals surface area contributed by atoms with Crippen LogP contribution in [0.3, 0.4) is 0 Å². The average Bonchev–Trinajstić information content (AvgIpc) is 2.60. The zero-order chi connectivity index (χ0) is 27.1. The number of aliphatic hydroxyl groups is 1. The molecule has 0 aliphatic heterocycles. The van der Waals surface area contributed by atoms with Gasteiger partial charge in [-0.15, -0.1) is 0 Å². The van der Waals surface area contributed by atoms with Crippen molar-refractivity contribution in [2.24, 2.45) is 0 Å². The molecule has 4 nitrogen and oxygen atoms in total. The van der Waals surface area contributed by atoms with Crippen molar-refractivity contribution in [3.05, 3.63) is 34.9 Å². The Hall–Kier alpha value is -2.25. The van der Waals surface area contributed by atoms with E-state index in [0.29, 0.717) is 0 Å². The summed E-state index contributed by atoms with van der Waals surface area (Å²) in [6, 6.07) is -0.0175. The molecular weight excluding hydrogens is 494 g/mol. The second kappa shape index (κ2) is 9.08. The van der Waals surface area contributed by atoms with Crippen LogP contribution < -0.4 is 0 Å². The first-order valence-corrected chi connectivity index (χ1v) is 9.60. The summed E-state index contributed by atoms with van der Waals surface area (Å²) in [5.41, 5.74) is -11.8. The van der Waals surface area contributed by atoms with Gasteiger partial charge in [0.2, 0.25) is 0 Å². The SMILES string of the molecule is CCC(C)c1cc(C(O)(F)C(F)(F)F)cc(C(OC(=O)OC(C)(C)C)(C(F)(F)F)C(F)(F)F)c1. The van der Waals surface area contributed by atoms with E-state index in [2.05, 4.69) is 9.47 Å². The van der Waals surface area contributed by atoms with Gasteiger partial charge in [0.1, 0.15) is 5.60 Å². The molecule has 0 fully saturated rings. The van der Waals surface area contributed by atoms with E-state index in [9.17, 15) is 53.8 Å². The summed E-state index contributed by atoms with van der Waals surface area (Å²) >= 11 is 0. The highest BCUT2D eigenvalue weighted by atomic mass is 19.4. The molecule has 1 rings (SSSR count). The van der Waals surface area contributed by atoms with Crippen molar-refractivity contribution in [2.45, 2.75) is 82.5 Å². The molecule has 0 aliphatic rings. The fraction of sp³-hybridized carbons (Fsp3) is 0.650. The Morgan fingerprint density at radius 2 is 1.26 bits per heavy atom. The van der Waals surface area contributed by atoms with Crippen LogP contribution in [-0.2, 0) is 20.9 Å². The van der Waals surface area contributed by atoms with Gasteiger partial charge >= 0.3 is 36.1 Å². The van der Waals surface area contributed by atoms with E-state index in [1.807, 2.05) is 0 Å². The lowest BCUT2D eigenvalue weighted by molar-refractivity contribution is -0.377. The molecule has 0 amide bonds. The van der Waals surface area contributed by atoms with E-state index in [1.54, 1.807) is 0 Å². The van der Waals surface area contributed by atoms with Gasteiger partial charge in [0.05, 0.1) is 0 Å². The van der Waals surface area contributed by atoms with Crippen molar-refractivity contribution in [1.29, 1.82) is 0 Å². The summed E-state index contributed by atoms with van der Waals surface area (Å²) in [5.74, 6) is -6.30. The summed E-state index contributed by atoms with van der Waals surface area (Å²) in [7, 11) is 0.